The van der Waals surface area contributed by atoms with Crippen LogP contribution >= 0.6 is 0 Å². The van der Waals surface area contributed by atoms with Crippen molar-refractivity contribution in [3.8, 4) is 0 Å². The van der Waals surface area contributed by atoms with Crippen molar-refractivity contribution in [2.24, 2.45) is 5.92 Å². The smallest absolute Gasteiger partial charge is 0.254 e. The molecule has 1 heterocycles. The Bertz CT molecular complexity index is 661. The molecule has 1 saturated carbocycles. The number of carbonyl (C=O) groups excluding carboxylic acids is 1. The van der Waals surface area contributed by atoms with E-state index >= 15 is 0 Å². The van der Waals surface area contributed by atoms with E-state index in [-0.39, 0.29) is 5.91 Å². The van der Waals surface area contributed by atoms with Crippen molar-refractivity contribution >= 4 is 16.8 Å². The molecule has 0 radical (unpaired) electrons. The summed E-state index contributed by atoms with van der Waals surface area (Å²) in [5, 5.41) is 0.943. The summed E-state index contributed by atoms with van der Waals surface area (Å²) in [5.74, 6) is 0.782. The number of hydrogen-bond acceptors (Lipinski definition) is 2. The Hall–Kier alpha value is -1.90. The molecule has 0 bridgehead atoms. The van der Waals surface area contributed by atoms with Crippen molar-refractivity contribution in [1.29, 1.82) is 0 Å². The molecule has 1 unspecified atom stereocenters. The second kappa shape index (κ2) is 4.89. The maximum atomic E-state index is 12.8. The third kappa shape index (κ3) is 2.28. The van der Waals surface area contributed by atoms with Crippen molar-refractivity contribution < 1.29 is 4.79 Å². The Kier molecular flexibility index (Phi) is 3.20. The standard InChI is InChI=1S/C17H20N2O/c1-11-10-15(14-6-4-5-7-16(14)18-11)17(20)19(3)12(2)13-8-9-13/h4-7,10,12-13H,8-9H2,1-3H3. The zero-order valence-electron chi connectivity index (χ0n) is 12.3. The molecule has 2 aromatic rings. The number of aryl methyl sites for hydroxylation is 1. The van der Waals surface area contributed by atoms with E-state index in [4.69, 9.17) is 0 Å². The van der Waals surface area contributed by atoms with Crippen molar-refractivity contribution in [2.75, 3.05) is 7.05 Å². The lowest BCUT2D eigenvalue weighted by atomic mass is 10.1. The Labute approximate surface area is 119 Å². The van der Waals surface area contributed by atoms with Gasteiger partial charge in [-0.1, -0.05) is 18.2 Å². The first kappa shape index (κ1) is 13.1. The van der Waals surface area contributed by atoms with Crippen LogP contribution in [0.15, 0.2) is 30.3 Å². The molecule has 3 heteroatoms. The minimum atomic E-state index is 0.103. The van der Waals surface area contributed by atoms with Gasteiger partial charge in [0, 0.05) is 24.2 Å². The van der Waals surface area contributed by atoms with Crippen LogP contribution in [0.5, 0.6) is 0 Å². The fourth-order valence-corrected chi connectivity index (χ4v) is 2.75. The van der Waals surface area contributed by atoms with E-state index in [2.05, 4.69) is 11.9 Å². The number of rotatable bonds is 3. The normalized spacial score (nSPS) is 16.1. The lowest BCUT2D eigenvalue weighted by molar-refractivity contribution is 0.0729. The molecule has 1 aromatic carbocycles. The Balaban J connectivity index is 2.02. The van der Waals surface area contributed by atoms with Gasteiger partial charge in [0.25, 0.3) is 5.91 Å². The van der Waals surface area contributed by atoms with Crippen LogP contribution in [-0.4, -0.2) is 28.9 Å². The second-order valence-corrected chi connectivity index (χ2v) is 5.82. The average molecular weight is 268 g/mol. The number of hydrogen-bond donors (Lipinski definition) is 0. The molecule has 1 aromatic heterocycles. The molecule has 0 N–H and O–H groups in total. The highest BCUT2D eigenvalue weighted by Gasteiger charge is 2.33. The van der Waals surface area contributed by atoms with Crippen LogP contribution < -0.4 is 0 Å². The first-order chi connectivity index (χ1) is 9.58. The highest BCUT2D eigenvalue weighted by Crippen LogP contribution is 2.35. The molecule has 0 saturated heterocycles. The predicted molar refractivity (Wildman–Crippen MR) is 80.8 cm³/mol. The van der Waals surface area contributed by atoms with E-state index in [1.165, 1.54) is 12.8 Å². The zero-order chi connectivity index (χ0) is 14.3. The molecule has 1 aliphatic carbocycles. The van der Waals surface area contributed by atoms with Gasteiger partial charge in [-0.25, -0.2) is 0 Å². The monoisotopic (exact) mass is 268 g/mol. The summed E-state index contributed by atoms with van der Waals surface area (Å²) < 4.78 is 0. The summed E-state index contributed by atoms with van der Waals surface area (Å²) in [4.78, 5) is 19.2. The number of carbonyl (C=O) groups is 1. The molecular formula is C17H20N2O. The first-order valence-electron chi connectivity index (χ1n) is 7.21. The number of amides is 1. The lowest BCUT2D eigenvalue weighted by Crippen LogP contribution is -2.36. The zero-order valence-corrected chi connectivity index (χ0v) is 12.3. The molecule has 1 amide bonds. The van der Waals surface area contributed by atoms with Crippen LogP contribution in [0.3, 0.4) is 0 Å². The highest BCUT2D eigenvalue weighted by molar-refractivity contribution is 6.06. The van der Waals surface area contributed by atoms with Crippen molar-refractivity contribution in [3.05, 3.63) is 41.6 Å². The molecular weight excluding hydrogens is 248 g/mol. The van der Waals surface area contributed by atoms with Gasteiger partial charge in [-0.15, -0.1) is 0 Å². The number of fused-ring (bicyclic) bond motifs is 1. The number of aromatic nitrogens is 1. The summed E-state index contributed by atoms with van der Waals surface area (Å²) in [6.45, 7) is 4.08. The van der Waals surface area contributed by atoms with Gasteiger partial charge in [0.1, 0.15) is 0 Å². The minimum Gasteiger partial charge on any atom is -0.339 e. The van der Waals surface area contributed by atoms with E-state index in [9.17, 15) is 4.79 Å². The van der Waals surface area contributed by atoms with Gasteiger partial charge in [0.2, 0.25) is 0 Å². The largest absolute Gasteiger partial charge is 0.339 e. The van der Waals surface area contributed by atoms with E-state index < -0.39 is 0 Å². The van der Waals surface area contributed by atoms with Crippen LogP contribution in [0.2, 0.25) is 0 Å². The van der Waals surface area contributed by atoms with Gasteiger partial charge in [0.05, 0.1) is 11.1 Å². The second-order valence-electron chi connectivity index (χ2n) is 5.82. The SMILES string of the molecule is Cc1cc(C(=O)N(C)C(C)C2CC2)c2ccccc2n1. The van der Waals surface area contributed by atoms with Gasteiger partial charge < -0.3 is 4.90 Å². The lowest BCUT2D eigenvalue weighted by Gasteiger charge is -2.25. The first-order valence-corrected chi connectivity index (χ1v) is 7.21. The molecule has 104 valence electrons. The van der Waals surface area contributed by atoms with Crippen molar-refractivity contribution in [2.45, 2.75) is 32.7 Å². The number of para-hydroxylation sites is 1. The summed E-state index contributed by atoms with van der Waals surface area (Å²) in [7, 11) is 1.91. The summed E-state index contributed by atoms with van der Waals surface area (Å²) in [6, 6.07) is 10.1. The predicted octanol–water partition coefficient (Wildman–Crippen LogP) is 3.41. The van der Waals surface area contributed by atoms with Gasteiger partial charge in [-0.3, -0.25) is 9.78 Å². The van der Waals surface area contributed by atoms with Crippen LogP contribution in [0.1, 0.15) is 35.8 Å². The fraction of sp³-hybridized carbons (Fsp3) is 0.412. The maximum absolute atomic E-state index is 12.8. The van der Waals surface area contributed by atoms with E-state index in [0.717, 1.165) is 22.2 Å². The average Bonchev–Trinajstić information content (AvgIpc) is 3.28. The maximum Gasteiger partial charge on any atom is 0.254 e. The molecule has 0 aliphatic heterocycles. The summed E-state index contributed by atoms with van der Waals surface area (Å²) in [6.07, 6.45) is 2.49. The summed E-state index contributed by atoms with van der Waals surface area (Å²) >= 11 is 0. The number of pyridine rings is 1. The molecule has 1 aliphatic rings. The third-order valence-electron chi connectivity index (χ3n) is 4.31. The van der Waals surface area contributed by atoms with Crippen LogP contribution in [0, 0.1) is 12.8 Å². The molecule has 1 fully saturated rings. The molecule has 1 atom stereocenters. The summed E-state index contributed by atoms with van der Waals surface area (Å²) in [5.41, 5.74) is 2.55. The van der Waals surface area contributed by atoms with E-state index in [1.807, 2.05) is 49.2 Å². The van der Waals surface area contributed by atoms with Gasteiger partial charge >= 0.3 is 0 Å². The minimum absolute atomic E-state index is 0.103. The Morgan fingerprint density at radius 1 is 1.35 bits per heavy atom. The van der Waals surface area contributed by atoms with Crippen LogP contribution in [0.25, 0.3) is 10.9 Å². The van der Waals surface area contributed by atoms with Crippen LogP contribution in [0.4, 0.5) is 0 Å². The fourth-order valence-electron chi connectivity index (χ4n) is 2.75. The van der Waals surface area contributed by atoms with Gasteiger partial charge in [0.15, 0.2) is 0 Å². The molecule has 3 rings (SSSR count). The van der Waals surface area contributed by atoms with Crippen molar-refractivity contribution in [1.82, 2.24) is 9.88 Å². The highest BCUT2D eigenvalue weighted by atomic mass is 16.2. The number of nitrogens with zero attached hydrogens (tertiary/aromatic N) is 2. The van der Waals surface area contributed by atoms with Crippen LogP contribution in [-0.2, 0) is 0 Å². The quantitative estimate of drug-likeness (QED) is 0.854. The third-order valence-corrected chi connectivity index (χ3v) is 4.31. The topological polar surface area (TPSA) is 33.2 Å². The molecule has 0 spiro atoms. The molecule has 3 nitrogen and oxygen atoms in total. The van der Waals surface area contributed by atoms with Gasteiger partial charge in [-0.2, -0.15) is 0 Å². The van der Waals surface area contributed by atoms with E-state index in [1.54, 1.807) is 0 Å². The van der Waals surface area contributed by atoms with E-state index in [0.29, 0.717) is 12.0 Å². The Morgan fingerprint density at radius 2 is 2.05 bits per heavy atom. The van der Waals surface area contributed by atoms with Crippen molar-refractivity contribution in [3.63, 3.8) is 0 Å². The number of benzene rings is 1. The molecule has 20 heavy (non-hydrogen) atoms. The van der Waals surface area contributed by atoms with Gasteiger partial charge in [-0.05, 0) is 44.7 Å². The Morgan fingerprint density at radius 3 is 2.75 bits per heavy atom.